The summed E-state index contributed by atoms with van der Waals surface area (Å²) in [5, 5.41) is 7.78. The molecule has 32 heavy (non-hydrogen) atoms. The number of pyridine rings is 1. The van der Waals surface area contributed by atoms with Crippen LogP contribution in [0.15, 0.2) is 42.7 Å². The molecule has 0 spiro atoms. The van der Waals surface area contributed by atoms with Crippen LogP contribution in [-0.2, 0) is 0 Å². The number of fused-ring (bicyclic) bond motifs is 2. The molecule has 1 aromatic carbocycles. The third-order valence-electron chi connectivity index (χ3n) is 5.74. The van der Waals surface area contributed by atoms with E-state index in [0.717, 1.165) is 0 Å². The summed E-state index contributed by atoms with van der Waals surface area (Å²) in [6.45, 7) is 0.211. The van der Waals surface area contributed by atoms with Gasteiger partial charge in [-0.15, -0.1) is 5.10 Å². The zero-order chi connectivity index (χ0) is 22.5. The summed E-state index contributed by atoms with van der Waals surface area (Å²) in [5.74, 6) is -3.12. The van der Waals surface area contributed by atoms with Gasteiger partial charge in [0.15, 0.2) is 0 Å². The summed E-state index contributed by atoms with van der Waals surface area (Å²) >= 11 is 0. The molecule has 7 nitrogen and oxygen atoms in total. The first-order valence-corrected chi connectivity index (χ1v) is 10.2. The van der Waals surface area contributed by atoms with E-state index in [1.807, 2.05) is 6.07 Å². The van der Waals surface area contributed by atoms with E-state index in [2.05, 4.69) is 20.4 Å². The van der Waals surface area contributed by atoms with Gasteiger partial charge in [-0.3, -0.25) is 4.98 Å². The van der Waals surface area contributed by atoms with Gasteiger partial charge in [0, 0.05) is 29.9 Å². The number of benzene rings is 1. The maximum atomic E-state index is 14.6. The van der Waals surface area contributed by atoms with Gasteiger partial charge in [0.25, 0.3) is 5.92 Å². The van der Waals surface area contributed by atoms with Gasteiger partial charge in [-0.05, 0) is 43.3 Å². The Morgan fingerprint density at radius 1 is 1.25 bits per heavy atom. The van der Waals surface area contributed by atoms with Gasteiger partial charge in [-0.2, -0.15) is 4.98 Å². The van der Waals surface area contributed by atoms with E-state index in [9.17, 15) is 13.2 Å². The van der Waals surface area contributed by atoms with E-state index < -0.39 is 17.8 Å². The fraction of sp³-hybridized carbons (Fsp3) is 0.318. The van der Waals surface area contributed by atoms with Crippen LogP contribution in [-0.4, -0.2) is 63.7 Å². The molecule has 10 heteroatoms. The number of hydrogen-bond donors (Lipinski definition) is 1. The van der Waals surface area contributed by atoms with Crippen LogP contribution < -0.4 is 10.1 Å². The molecule has 1 N–H and O–H groups in total. The third-order valence-corrected chi connectivity index (χ3v) is 5.74. The molecule has 0 bridgehead atoms. The number of hydrogen-bond acceptors (Lipinski definition) is 6. The molecule has 5 rings (SSSR count). The van der Waals surface area contributed by atoms with Crippen molar-refractivity contribution in [2.24, 2.45) is 0 Å². The van der Waals surface area contributed by atoms with Gasteiger partial charge >= 0.3 is 0 Å². The summed E-state index contributed by atoms with van der Waals surface area (Å²) in [7, 11) is 3.11. The highest BCUT2D eigenvalue weighted by molar-refractivity contribution is 5.90. The predicted octanol–water partition coefficient (Wildman–Crippen LogP) is 3.84. The lowest BCUT2D eigenvalue weighted by Crippen LogP contribution is -2.53. The molecule has 1 saturated heterocycles. The maximum Gasteiger partial charge on any atom is 0.280 e. The first-order valence-electron chi connectivity index (χ1n) is 10.2. The van der Waals surface area contributed by atoms with Crippen molar-refractivity contribution in [2.75, 3.05) is 32.6 Å². The molecule has 0 unspecified atom stereocenters. The largest absolute Gasteiger partial charge is 0.479 e. The average Bonchev–Trinajstić information content (AvgIpc) is 3.19. The van der Waals surface area contributed by atoms with E-state index in [0.29, 0.717) is 28.6 Å². The van der Waals surface area contributed by atoms with E-state index in [4.69, 9.17) is 4.74 Å². The summed E-state index contributed by atoms with van der Waals surface area (Å²) in [6, 6.07) is 7.42. The third kappa shape index (κ3) is 3.50. The van der Waals surface area contributed by atoms with Crippen molar-refractivity contribution < 1.29 is 17.9 Å². The Labute approximate surface area is 181 Å². The van der Waals surface area contributed by atoms with Crippen LogP contribution in [0.25, 0.3) is 27.5 Å². The van der Waals surface area contributed by atoms with Crippen molar-refractivity contribution in [1.82, 2.24) is 24.5 Å². The minimum absolute atomic E-state index is 0.0413. The summed E-state index contributed by atoms with van der Waals surface area (Å²) in [5.41, 5.74) is 2.06. The zero-order valence-corrected chi connectivity index (χ0v) is 17.5. The van der Waals surface area contributed by atoms with Crippen LogP contribution in [0.3, 0.4) is 0 Å². The van der Waals surface area contributed by atoms with Crippen LogP contribution in [0.5, 0.6) is 5.88 Å². The number of anilines is 1. The minimum atomic E-state index is -2.92. The van der Waals surface area contributed by atoms with Crippen LogP contribution in [0.1, 0.15) is 6.42 Å². The SMILES string of the molecule is COc1nc(N[C@@H]2CCN(C)CC2(F)F)nn2ccc(-c3cc(F)c4ncccc4c3)c12. The van der Waals surface area contributed by atoms with Gasteiger partial charge in [-0.1, -0.05) is 6.07 Å². The number of aromatic nitrogens is 4. The van der Waals surface area contributed by atoms with E-state index >= 15 is 0 Å². The Morgan fingerprint density at radius 3 is 2.88 bits per heavy atom. The Balaban J connectivity index is 1.55. The highest BCUT2D eigenvalue weighted by atomic mass is 19.3. The van der Waals surface area contributed by atoms with E-state index in [-0.39, 0.29) is 30.3 Å². The summed E-state index contributed by atoms with van der Waals surface area (Å²) in [6.07, 6.45) is 3.46. The standard InChI is InChI=1S/C22H21F3N6O/c1-30-8-6-17(22(24,25)12-30)27-21-28-20(32-2)19-15(5-9-31(19)29-21)14-10-13-4-3-7-26-18(13)16(23)11-14/h3-5,7,9-11,17H,6,8,12H2,1-2H3,(H,27,29)/t17-/m1/s1. The average molecular weight is 442 g/mol. The number of likely N-dealkylation sites (tertiary alicyclic amines) is 1. The first kappa shape index (κ1) is 20.5. The normalized spacial score (nSPS) is 18.8. The fourth-order valence-corrected chi connectivity index (χ4v) is 4.18. The number of halogens is 3. The summed E-state index contributed by atoms with van der Waals surface area (Å²) < 4.78 is 50.5. The molecule has 0 saturated carbocycles. The second-order valence-electron chi connectivity index (χ2n) is 7.98. The number of nitrogens with one attached hydrogen (secondary N) is 1. The topological polar surface area (TPSA) is 67.6 Å². The van der Waals surface area contributed by atoms with Crippen LogP contribution >= 0.6 is 0 Å². The molecule has 1 aliphatic heterocycles. The summed E-state index contributed by atoms with van der Waals surface area (Å²) in [4.78, 5) is 10.00. The number of ether oxygens (including phenoxy) is 1. The zero-order valence-electron chi connectivity index (χ0n) is 17.5. The van der Waals surface area contributed by atoms with Gasteiger partial charge in [0.05, 0.1) is 19.7 Å². The maximum absolute atomic E-state index is 14.6. The van der Waals surface area contributed by atoms with Crippen LogP contribution in [0.4, 0.5) is 19.1 Å². The van der Waals surface area contributed by atoms with Crippen molar-refractivity contribution in [1.29, 1.82) is 0 Å². The highest BCUT2D eigenvalue weighted by Gasteiger charge is 2.44. The molecule has 3 aromatic heterocycles. The van der Waals surface area contributed by atoms with Crippen molar-refractivity contribution in [3.8, 4) is 17.0 Å². The number of piperidine rings is 1. The van der Waals surface area contributed by atoms with E-state index in [1.54, 1.807) is 36.3 Å². The number of methoxy groups -OCH3 is 1. The van der Waals surface area contributed by atoms with Crippen molar-refractivity contribution in [3.05, 3.63) is 48.5 Å². The highest BCUT2D eigenvalue weighted by Crippen LogP contribution is 2.34. The quantitative estimate of drug-likeness (QED) is 0.518. The lowest BCUT2D eigenvalue weighted by atomic mass is 10.0. The van der Waals surface area contributed by atoms with Crippen molar-refractivity contribution in [3.63, 3.8) is 0 Å². The van der Waals surface area contributed by atoms with Gasteiger partial charge < -0.3 is 15.0 Å². The molecule has 166 valence electrons. The first-order chi connectivity index (χ1) is 15.4. The monoisotopic (exact) mass is 442 g/mol. The second kappa shape index (κ2) is 7.63. The molecule has 4 aromatic rings. The Hall–Kier alpha value is -3.40. The molecule has 0 aliphatic carbocycles. The fourth-order valence-electron chi connectivity index (χ4n) is 4.18. The van der Waals surface area contributed by atoms with E-state index in [1.165, 1.54) is 23.9 Å². The van der Waals surface area contributed by atoms with Gasteiger partial charge in [-0.25, -0.2) is 17.7 Å². The molecular formula is C22H21F3N6O. The lowest BCUT2D eigenvalue weighted by molar-refractivity contribution is -0.0675. The number of alkyl halides is 2. The van der Waals surface area contributed by atoms with Crippen molar-refractivity contribution >= 4 is 22.4 Å². The lowest BCUT2D eigenvalue weighted by Gasteiger charge is -2.36. The smallest absolute Gasteiger partial charge is 0.280 e. The second-order valence-corrected chi connectivity index (χ2v) is 7.98. The molecule has 4 heterocycles. The number of rotatable bonds is 4. The molecule has 1 atom stereocenters. The number of nitrogens with zero attached hydrogens (tertiary/aromatic N) is 5. The molecule has 1 fully saturated rings. The van der Waals surface area contributed by atoms with Crippen LogP contribution in [0.2, 0.25) is 0 Å². The Kier molecular flexibility index (Phi) is 4.89. The molecule has 0 amide bonds. The molecular weight excluding hydrogens is 421 g/mol. The van der Waals surface area contributed by atoms with Gasteiger partial charge in [0.1, 0.15) is 16.9 Å². The van der Waals surface area contributed by atoms with Crippen LogP contribution in [0, 0.1) is 5.82 Å². The van der Waals surface area contributed by atoms with Crippen molar-refractivity contribution in [2.45, 2.75) is 18.4 Å². The molecule has 0 radical (unpaired) electrons. The van der Waals surface area contributed by atoms with Gasteiger partial charge in [0.2, 0.25) is 11.8 Å². The molecule has 1 aliphatic rings. The Morgan fingerprint density at radius 2 is 2.09 bits per heavy atom. The predicted molar refractivity (Wildman–Crippen MR) is 115 cm³/mol. The minimum Gasteiger partial charge on any atom is -0.479 e. The Bertz CT molecular complexity index is 1310.